The molecule has 2 aromatic heterocycles. The van der Waals surface area contributed by atoms with Gasteiger partial charge in [-0.3, -0.25) is 29.4 Å². The second-order valence-electron chi connectivity index (χ2n) is 8.48. The van der Waals surface area contributed by atoms with Gasteiger partial charge in [0.1, 0.15) is 11.7 Å². The van der Waals surface area contributed by atoms with E-state index < -0.39 is 29.7 Å². The Morgan fingerprint density at radius 1 is 1.12 bits per heavy atom. The summed E-state index contributed by atoms with van der Waals surface area (Å²) in [4.78, 5) is 57.4. The molecule has 1 atom stereocenters. The van der Waals surface area contributed by atoms with Gasteiger partial charge in [0.15, 0.2) is 0 Å². The number of thiophene rings is 1. The highest BCUT2D eigenvalue weighted by Gasteiger charge is 2.48. The molecule has 1 aromatic carbocycles. The average Bonchev–Trinajstić information content (AvgIpc) is 3.54. The third kappa shape index (κ3) is 3.31. The molecule has 0 aliphatic carbocycles. The average molecular weight is 478 g/mol. The minimum atomic E-state index is -0.979. The maximum absolute atomic E-state index is 13.3. The molecule has 5 heterocycles. The topological polar surface area (TPSA) is 126 Å². The van der Waals surface area contributed by atoms with Crippen molar-refractivity contribution in [1.29, 1.82) is 0 Å². The predicted octanol–water partition coefficient (Wildman–Crippen LogP) is 1.98. The molecule has 0 bridgehead atoms. The maximum Gasteiger partial charge on any atom is 0.278 e. The first-order valence-corrected chi connectivity index (χ1v) is 11.9. The number of imide groups is 2. The van der Waals surface area contributed by atoms with Crippen molar-refractivity contribution in [3.63, 3.8) is 0 Å². The zero-order chi connectivity index (χ0) is 23.4. The Kier molecular flexibility index (Phi) is 4.80. The van der Waals surface area contributed by atoms with E-state index >= 15 is 0 Å². The maximum atomic E-state index is 13.3. The van der Waals surface area contributed by atoms with E-state index in [2.05, 4.69) is 15.5 Å². The van der Waals surface area contributed by atoms with Crippen LogP contribution < -0.4 is 5.32 Å². The minimum absolute atomic E-state index is 0.0872. The predicted molar refractivity (Wildman–Crippen MR) is 120 cm³/mol. The molecular weight excluding hydrogens is 458 g/mol. The molecule has 3 aliphatic heterocycles. The molecule has 0 spiro atoms. The molecule has 3 aromatic rings. The molecule has 1 fully saturated rings. The number of carbonyl (C=O) groups is 4. The molecule has 6 rings (SSSR count). The molecular formula is C23H19N5O5S. The number of carbonyl (C=O) groups excluding carboxylic acids is 4. The van der Waals surface area contributed by atoms with Gasteiger partial charge in [-0.15, -0.1) is 11.3 Å². The Morgan fingerprint density at radius 3 is 2.85 bits per heavy atom. The van der Waals surface area contributed by atoms with Crippen LogP contribution in [0, 0.1) is 0 Å². The number of fused-ring (bicyclic) bond motifs is 1. The van der Waals surface area contributed by atoms with Crippen LogP contribution in [0.2, 0.25) is 0 Å². The number of hydrogen-bond donors (Lipinski definition) is 1. The van der Waals surface area contributed by atoms with E-state index in [-0.39, 0.29) is 25.1 Å². The summed E-state index contributed by atoms with van der Waals surface area (Å²) in [7, 11) is 0. The number of aromatic nitrogens is 2. The third-order valence-corrected chi connectivity index (χ3v) is 7.27. The van der Waals surface area contributed by atoms with E-state index in [1.165, 1.54) is 0 Å². The fraction of sp³-hybridized carbons (Fsp3) is 0.304. The Bertz CT molecular complexity index is 1410. The normalized spacial score (nSPS) is 21.0. The number of rotatable bonds is 4. The molecule has 1 saturated heterocycles. The van der Waals surface area contributed by atoms with Gasteiger partial charge in [-0.2, -0.15) is 4.98 Å². The molecule has 172 valence electrons. The first-order valence-electron chi connectivity index (χ1n) is 11.0. The second kappa shape index (κ2) is 7.87. The highest BCUT2D eigenvalue weighted by atomic mass is 32.1. The van der Waals surface area contributed by atoms with Gasteiger partial charge in [0.05, 0.1) is 6.54 Å². The smallest absolute Gasteiger partial charge is 0.278 e. The van der Waals surface area contributed by atoms with Gasteiger partial charge >= 0.3 is 0 Å². The second-order valence-corrected chi connectivity index (χ2v) is 9.43. The molecule has 3 aliphatic rings. The number of hydrogen-bond acceptors (Lipinski definition) is 9. The van der Waals surface area contributed by atoms with E-state index in [1.54, 1.807) is 16.2 Å². The van der Waals surface area contributed by atoms with Gasteiger partial charge in [-0.25, -0.2) is 0 Å². The number of nitrogens with one attached hydrogen (secondary N) is 1. The summed E-state index contributed by atoms with van der Waals surface area (Å²) in [6.45, 7) is 0.717. The van der Waals surface area contributed by atoms with Crippen LogP contribution >= 0.6 is 11.3 Å². The fourth-order valence-electron chi connectivity index (χ4n) is 4.76. The number of benzene rings is 1. The van der Waals surface area contributed by atoms with Crippen molar-refractivity contribution in [3.8, 4) is 11.4 Å². The number of amides is 4. The van der Waals surface area contributed by atoms with Crippen LogP contribution in [0.15, 0.2) is 45.4 Å². The van der Waals surface area contributed by atoms with E-state index in [0.717, 1.165) is 20.5 Å². The Morgan fingerprint density at radius 2 is 2.00 bits per heavy atom. The third-order valence-electron chi connectivity index (χ3n) is 6.39. The highest BCUT2D eigenvalue weighted by Crippen LogP contribution is 2.35. The van der Waals surface area contributed by atoms with Crippen LogP contribution in [0.3, 0.4) is 0 Å². The molecule has 1 unspecified atom stereocenters. The Balaban J connectivity index is 1.24. The first kappa shape index (κ1) is 20.7. The van der Waals surface area contributed by atoms with Crippen LogP contribution in [-0.4, -0.2) is 56.2 Å². The van der Waals surface area contributed by atoms with Crippen molar-refractivity contribution < 1.29 is 23.7 Å². The van der Waals surface area contributed by atoms with Crippen molar-refractivity contribution >= 4 is 45.1 Å². The van der Waals surface area contributed by atoms with Gasteiger partial charge in [-0.1, -0.05) is 17.3 Å². The number of piperidine rings is 1. The van der Waals surface area contributed by atoms with E-state index in [0.29, 0.717) is 36.7 Å². The summed E-state index contributed by atoms with van der Waals surface area (Å²) < 4.78 is 6.59. The zero-order valence-electron chi connectivity index (χ0n) is 17.9. The first-order chi connectivity index (χ1) is 16.5. The number of nitrogens with zero attached hydrogens (tertiary/aromatic N) is 4. The molecule has 34 heavy (non-hydrogen) atoms. The van der Waals surface area contributed by atoms with Gasteiger partial charge in [0.25, 0.3) is 11.8 Å². The van der Waals surface area contributed by atoms with Crippen molar-refractivity contribution in [1.82, 2.24) is 25.3 Å². The summed E-state index contributed by atoms with van der Waals surface area (Å²) >= 11 is 1.63. The van der Waals surface area contributed by atoms with Crippen LogP contribution in [0.1, 0.15) is 31.6 Å². The minimum Gasteiger partial charge on any atom is -0.357 e. The Hall–Kier alpha value is -3.86. The molecule has 11 heteroatoms. The van der Waals surface area contributed by atoms with Gasteiger partial charge < -0.3 is 9.42 Å². The molecule has 10 nitrogen and oxygen atoms in total. The van der Waals surface area contributed by atoms with Crippen LogP contribution in [0.4, 0.5) is 0 Å². The summed E-state index contributed by atoms with van der Waals surface area (Å²) in [5.41, 5.74) is 1.50. The molecule has 4 amide bonds. The summed E-state index contributed by atoms with van der Waals surface area (Å²) in [5, 5.41) is 9.49. The standard InChI is InChI=1S/C23H19N5O5S/c29-17-6-5-15(21(30)24-17)28-22(31)14-2-1-8-27(19(14)23(28)32)11-18-25-20(26-33-18)13-4-3-12-7-9-34-16(12)10-13/h3-4,7,9-10,15H,1-2,5-6,8,11H2,(H,24,29,30). The highest BCUT2D eigenvalue weighted by molar-refractivity contribution is 7.17. The lowest BCUT2D eigenvalue weighted by atomic mass is 10.0. The van der Waals surface area contributed by atoms with Crippen molar-refractivity contribution in [2.75, 3.05) is 6.54 Å². The largest absolute Gasteiger partial charge is 0.357 e. The van der Waals surface area contributed by atoms with Gasteiger partial charge in [-0.05, 0) is 42.2 Å². The molecule has 0 radical (unpaired) electrons. The zero-order valence-corrected chi connectivity index (χ0v) is 18.8. The summed E-state index contributed by atoms with van der Waals surface area (Å²) in [6.07, 6.45) is 1.35. The lowest BCUT2D eigenvalue weighted by Gasteiger charge is -2.29. The van der Waals surface area contributed by atoms with E-state index in [4.69, 9.17) is 4.52 Å². The molecule has 1 N–H and O–H groups in total. The Labute approximate surface area is 197 Å². The quantitative estimate of drug-likeness (QED) is 0.566. The molecule has 0 saturated carbocycles. The van der Waals surface area contributed by atoms with Crippen molar-refractivity contribution in [2.45, 2.75) is 38.3 Å². The van der Waals surface area contributed by atoms with Crippen molar-refractivity contribution in [3.05, 3.63) is 46.8 Å². The monoisotopic (exact) mass is 477 g/mol. The SMILES string of the molecule is O=C1CCC(N2C(=O)C3=C(C2=O)N(Cc2nc(-c4ccc5ccsc5c4)no2)CCC3)C(=O)N1. The van der Waals surface area contributed by atoms with E-state index in [9.17, 15) is 19.2 Å². The van der Waals surface area contributed by atoms with Crippen LogP contribution in [0.5, 0.6) is 0 Å². The van der Waals surface area contributed by atoms with Crippen LogP contribution in [0.25, 0.3) is 21.5 Å². The lowest BCUT2D eigenvalue weighted by molar-refractivity contribution is -0.150. The summed E-state index contributed by atoms with van der Waals surface area (Å²) in [6, 6.07) is 7.01. The van der Waals surface area contributed by atoms with Gasteiger partial charge in [0, 0.05) is 28.8 Å². The van der Waals surface area contributed by atoms with E-state index in [1.807, 2.05) is 29.6 Å². The lowest BCUT2D eigenvalue weighted by Crippen LogP contribution is -2.55. The summed E-state index contributed by atoms with van der Waals surface area (Å²) in [5.74, 6) is -1.21. The fourth-order valence-corrected chi connectivity index (χ4v) is 5.58. The van der Waals surface area contributed by atoms with Crippen LogP contribution in [-0.2, 0) is 25.7 Å². The van der Waals surface area contributed by atoms with Crippen molar-refractivity contribution in [2.24, 2.45) is 0 Å². The van der Waals surface area contributed by atoms with Gasteiger partial charge in [0.2, 0.25) is 23.5 Å².